The second-order valence-corrected chi connectivity index (χ2v) is 5.70. The molecule has 0 aliphatic heterocycles. The minimum Gasteiger partial charge on any atom is -0.468 e. The van der Waals surface area contributed by atoms with Crippen LogP contribution in [0.15, 0.2) is 0 Å². The van der Waals surface area contributed by atoms with Crippen LogP contribution in [0.5, 0.6) is 0 Å². The highest BCUT2D eigenvalue weighted by atomic mass is 79.9. The molecule has 5 nitrogen and oxygen atoms in total. The molecule has 0 unspecified atom stereocenters. The summed E-state index contributed by atoms with van der Waals surface area (Å²) >= 11 is 3.34. The van der Waals surface area contributed by atoms with Gasteiger partial charge in [-0.3, -0.25) is 4.79 Å². The van der Waals surface area contributed by atoms with Gasteiger partial charge in [0.2, 0.25) is 0 Å². The summed E-state index contributed by atoms with van der Waals surface area (Å²) in [6, 6.07) is -0.285. The van der Waals surface area contributed by atoms with Crippen molar-refractivity contribution in [2.45, 2.75) is 49.9 Å². The molecule has 1 fully saturated rings. The zero-order valence-corrected chi connectivity index (χ0v) is 13.1. The molecule has 0 bridgehead atoms. The number of methoxy groups -OCH3 is 1. The fraction of sp³-hybridized carbons (Fsp3) is 0.846. The number of esters is 1. The van der Waals surface area contributed by atoms with E-state index >= 15 is 0 Å². The summed E-state index contributed by atoms with van der Waals surface area (Å²) in [6.45, 7) is 2.06. The number of ether oxygens (including phenoxy) is 2. The van der Waals surface area contributed by atoms with Crippen LogP contribution in [0, 0.1) is 5.92 Å². The Kier molecular flexibility index (Phi) is 7.20. The number of alkyl carbamates (subject to hydrolysis) is 1. The third kappa shape index (κ3) is 5.01. The maximum Gasteiger partial charge on any atom is 0.407 e. The molecule has 0 radical (unpaired) electrons. The summed E-state index contributed by atoms with van der Waals surface area (Å²) in [4.78, 5) is 22.7. The van der Waals surface area contributed by atoms with Gasteiger partial charge in [-0.15, -0.1) is 0 Å². The minimum atomic E-state index is -0.537. The Balaban J connectivity index is 2.70. The monoisotopic (exact) mass is 335 g/mol. The lowest BCUT2D eigenvalue weighted by atomic mass is 9.82. The number of carbonyl (C=O) groups is 2. The summed E-state index contributed by atoms with van der Waals surface area (Å²) in [5, 5.41) is 2.79. The predicted molar refractivity (Wildman–Crippen MR) is 75.3 cm³/mol. The van der Waals surface area contributed by atoms with Gasteiger partial charge in [-0.25, -0.2) is 4.79 Å². The number of alkyl halides is 1. The smallest absolute Gasteiger partial charge is 0.407 e. The third-order valence-corrected chi connectivity index (χ3v) is 4.40. The summed E-state index contributed by atoms with van der Waals surface area (Å²) in [5.74, 6) is -0.0889. The molecular weight excluding hydrogens is 314 g/mol. The molecule has 0 heterocycles. The van der Waals surface area contributed by atoms with E-state index in [1.165, 1.54) is 13.5 Å². The van der Waals surface area contributed by atoms with Crippen molar-refractivity contribution in [3.05, 3.63) is 0 Å². The van der Waals surface area contributed by atoms with Gasteiger partial charge in [-0.1, -0.05) is 35.2 Å². The number of halogens is 1. The van der Waals surface area contributed by atoms with Crippen molar-refractivity contribution >= 4 is 28.0 Å². The van der Waals surface area contributed by atoms with Gasteiger partial charge in [0.05, 0.1) is 19.8 Å². The molecule has 1 aliphatic rings. The summed E-state index contributed by atoms with van der Waals surface area (Å²) in [5.41, 5.74) is 0. The maximum absolute atomic E-state index is 11.7. The van der Waals surface area contributed by atoms with Crippen molar-refractivity contribution in [1.82, 2.24) is 5.32 Å². The Morgan fingerprint density at radius 1 is 1.32 bits per heavy atom. The lowest BCUT2D eigenvalue weighted by Gasteiger charge is -2.32. The fourth-order valence-electron chi connectivity index (χ4n) is 2.49. The Morgan fingerprint density at radius 2 is 1.95 bits per heavy atom. The summed E-state index contributed by atoms with van der Waals surface area (Å²) in [7, 11) is 1.35. The molecule has 19 heavy (non-hydrogen) atoms. The first-order chi connectivity index (χ1) is 9.10. The number of carbonyl (C=O) groups excluding carboxylic acids is 2. The standard InChI is InChI=1S/C13H22BrNO4/c1-3-19-13(17)15-11(10(14)12(16)18-2)9-7-5-4-6-8-9/h9-11H,3-8H2,1-2H3,(H,15,17)/t10-,11-/m1/s1. The first-order valence-electron chi connectivity index (χ1n) is 6.75. The van der Waals surface area contributed by atoms with Crippen molar-refractivity contribution in [2.75, 3.05) is 13.7 Å². The van der Waals surface area contributed by atoms with E-state index in [1.54, 1.807) is 6.92 Å². The molecule has 1 rings (SSSR count). The molecule has 2 atom stereocenters. The van der Waals surface area contributed by atoms with Crippen LogP contribution >= 0.6 is 15.9 Å². The highest BCUT2D eigenvalue weighted by Crippen LogP contribution is 2.30. The van der Waals surface area contributed by atoms with Gasteiger partial charge < -0.3 is 14.8 Å². The van der Waals surface area contributed by atoms with Crippen LogP contribution in [0.25, 0.3) is 0 Å². The van der Waals surface area contributed by atoms with Gasteiger partial charge in [0.25, 0.3) is 0 Å². The van der Waals surface area contributed by atoms with E-state index in [0.29, 0.717) is 6.61 Å². The predicted octanol–water partition coefficient (Wildman–Crippen LogP) is 2.62. The van der Waals surface area contributed by atoms with Gasteiger partial charge in [-0.2, -0.15) is 0 Å². The van der Waals surface area contributed by atoms with E-state index in [4.69, 9.17) is 9.47 Å². The maximum atomic E-state index is 11.7. The fourth-order valence-corrected chi connectivity index (χ4v) is 3.24. The molecule has 1 aliphatic carbocycles. The number of amides is 1. The van der Waals surface area contributed by atoms with E-state index in [1.807, 2.05) is 0 Å². The second-order valence-electron chi connectivity index (χ2n) is 4.71. The molecule has 0 aromatic rings. The van der Waals surface area contributed by atoms with E-state index in [9.17, 15) is 9.59 Å². The van der Waals surface area contributed by atoms with Crippen LogP contribution in [0.3, 0.4) is 0 Å². The lowest BCUT2D eigenvalue weighted by Crippen LogP contribution is -2.49. The van der Waals surface area contributed by atoms with Crippen molar-refractivity contribution < 1.29 is 19.1 Å². The molecule has 110 valence electrons. The Bertz CT molecular complexity index is 305. The average Bonchev–Trinajstić information content (AvgIpc) is 2.44. The Labute approximate surface area is 122 Å². The largest absolute Gasteiger partial charge is 0.468 e. The number of hydrogen-bond donors (Lipinski definition) is 1. The Hall–Kier alpha value is -0.780. The van der Waals surface area contributed by atoms with Crippen molar-refractivity contribution in [3.8, 4) is 0 Å². The van der Waals surface area contributed by atoms with E-state index in [-0.39, 0.29) is 17.9 Å². The molecule has 0 spiro atoms. The summed E-state index contributed by atoms with van der Waals surface area (Å²) in [6.07, 6.45) is 5.02. The third-order valence-electron chi connectivity index (χ3n) is 3.46. The lowest BCUT2D eigenvalue weighted by molar-refractivity contribution is -0.140. The molecule has 0 aromatic heterocycles. The number of nitrogens with one attached hydrogen (secondary N) is 1. The van der Waals surface area contributed by atoms with Crippen LogP contribution < -0.4 is 5.32 Å². The van der Waals surface area contributed by atoms with Gasteiger partial charge in [0, 0.05) is 0 Å². The van der Waals surface area contributed by atoms with E-state index in [0.717, 1.165) is 25.7 Å². The van der Waals surface area contributed by atoms with Crippen LogP contribution in [0.2, 0.25) is 0 Å². The zero-order valence-electron chi connectivity index (χ0n) is 11.5. The number of rotatable bonds is 5. The van der Waals surface area contributed by atoms with E-state index in [2.05, 4.69) is 21.2 Å². The summed E-state index contributed by atoms with van der Waals surface area (Å²) < 4.78 is 9.65. The molecule has 1 saturated carbocycles. The number of hydrogen-bond acceptors (Lipinski definition) is 4. The minimum absolute atomic E-state index is 0.279. The van der Waals surface area contributed by atoms with Crippen molar-refractivity contribution in [1.29, 1.82) is 0 Å². The highest BCUT2D eigenvalue weighted by molar-refractivity contribution is 9.10. The Morgan fingerprint density at radius 3 is 2.47 bits per heavy atom. The normalized spacial score (nSPS) is 19.3. The van der Waals surface area contributed by atoms with Crippen LogP contribution in [0.4, 0.5) is 4.79 Å². The first-order valence-corrected chi connectivity index (χ1v) is 7.66. The molecule has 0 saturated heterocycles. The molecule has 1 amide bonds. The molecule has 1 N–H and O–H groups in total. The first kappa shape index (κ1) is 16.3. The second kappa shape index (κ2) is 8.40. The SMILES string of the molecule is CCOC(=O)N[C@H](C1CCCCC1)[C@@H](Br)C(=O)OC. The topological polar surface area (TPSA) is 64.6 Å². The van der Waals surface area contributed by atoms with Gasteiger partial charge in [0.1, 0.15) is 4.83 Å². The van der Waals surface area contributed by atoms with Gasteiger partial charge >= 0.3 is 12.1 Å². The van der Waals surface area contributed by atoms with Crippen LogP contribution in [0.1, 0.15) is 39.0 Å². The average molecular weight is 336 g/mol. The van der Waals surface area contributed by atoms with Crippen LogP contribution in [-0.2, 0) is 14.3 Å². The quantitative estimate of drug-likeness (QED) is 0.619. The van der Waals surface area contributed by atoms with Gasteiger partial charge in [-0.05, 0) is 25.7 Å². The molecule has 0 aromatic carbocycles. The van der Waals surface area contributed by atoms with E-state index < -0.39 is 10.9 Å². The van der Waals surface area contributed by atoms with Crippen molar-refractivity contribution in [3.63, 3.8) is 0 Å². The molecule has 6 heteroatoms. The zero-order chi connectivity index (χ0) is 14.3. The molecular formula is C13H22BrNO4. The van der Waals surface area contributed by atoms with Crippen molar-refractivity contribution in [2.24, 2.45) is 5.92 Å². The van der Waals surface area contributed by atoms with Crippen LogP contribution in [-0.4, -0.2) is 36.6 Å². The van der Waals surface area contributed by atoms with Gasteiger partial charge in [0.15, 0.2) is 0 Å². The highest BCUT2D eigenvalue weighted by Gasteiger charge is 2.35.